The summed E-state index contributed by atoms with van der Waals surface area (Å²) in [6.45, 7) is 2.02. The lowest BCUT2D eigenvalue weighted by atomic mass is 10.1. The summed E-state index contributed by atoms with van der Waals surface area (Å²) in [5, 5.41) is 5.29. The van der Waals surface area contributed by atoms with Gasteiger partial charge in [0.1, 0.15) is 11.5 Å². The Kier molecular flexibility index (Phi) is 4.71. The van der Waals surface area contributed by atoms with Gasteiger partial charge in [0.05, 0.1) is 10.7 Å². The minimum absolute atomic E-state index is 0.0511. The van der Waals surface area contributed by atoms with Gasteiger partial charge in [0.2, 0.25) is 0 Å². The van der Waals surface area contributed by atoms with E-state index in [0.717, 1.165) is 22.5 Å². The summed E-state index contributed by atoms with van der Waals surface area (Å²) in [6.07, 6.45) is 3.93. The molecule has 0 aliphatic rings. The molecule has 0 radical (unpaired) electrons. The van der Waals surface area contributed by atoms with Gasteiger partial charge < -0.3 is 15.0 Å². The van der Waals surface area contributed by atoms with Crippen molar-refractivity contribution < 1.29 is 9.18 Å². The van der Waals surface area contributed by atoms with Crippen molar-refractivity contribution in [2.45, 2.75) is 6.92 Å². The zero-order chi connectivity index (χ0) is 19.7. The molecule has 2 N–H and O–H groups in total. The number of hydrogen-bond acceptors (Lipinski definition) is 2. The molecule has 28 heavy (non-hydrogen) atoms. The number of rotatable bonds is 3. The van der Waals surface area contributed by atoms with E-state index in [0.29, 0.717) is 11.4 Å². The largest absolute Gasteiger partial charge is 0.323 e. The number of amides is 2. The highest BCUT2D eigenvalue weighted by Gasteiger charge is 2.08. The maximum atomic E-state index is 13.2. The van der Waals surface area contributed by atoms with Crippen molar-refractivity contribution in [3.63, 3.8) is 0 Å². The number of nitrogens with zero attached hydrogens (tertiary/aromatic N) is 2. The van der Waals surface area contributed by atoms with Crippen LogP contribution < -0.4 is 10.6 Å². The van der Waals surface area contributed by atoms with E-state index in [1.807, 2.05) is 48.0 Å². The molecule has 0 saturated heterocycles. The Labute approximate surface area is 165 Å². The molecule has 0 aliphatic heterocycles. The number of urea groups is 1. The maximum absolute atomic E-state index is 13.2. The number of carbonyl (C=O) groups is 1. The Bertz CT molecular complexity index is 1170. The van der Waals surface area contributed by atoms with Gasteiger partial charge in [-0.15, -0.1) is 0 Å². The highest BCUT2D eigenvalue weighted by molar-refractivity contribution is 6.31. The first kappa shape index (κ1) is 18.0. The molecule has 0 atom stereocenters. The Hall–Kier alpha value is -3.38. The molecular formula is C21H16ClFN4O. The Morgan fingerprint density at radius 3 is 2.50 bits per heavy atom. The van der Waals surface area contributed by atoms with E-state index in [-0.39, 0.29) is 5.02 Å². The SMILES string of the molecule is Cc1cccn2cc(-c3ccc(NC(=O)Nc4ccc(F)c(Cl)c4)cc3)nc12. The monoisotopic (exact) mass is 394 g/mol. The topological polar surface area (TPSA) is 58.4 Å². The summed E-state index contributed by atoms with van der Waals surface area (Å²) in [4.78, 5) is 16.8. The normalized spacial score (nSPS) is 10.8. The smallest absolute Gasteiger partial charge is 0.308 e. The molecule has 7 heteroatoms. The maximum Gasteiger partial charge on any atom is 0.323 e. The zero-order valence-corrected chi connectivity index (χ0v) is 15.7. The van der Waals surface area contributed by atoms with E-state index in [1.165, 1.54) is 18.2 Å². The lowest BCUT2D eigenvalue weighted by molar-refractivity contribution is 0.262. The quantitative estimate of drug-likeness (QED) is 0.465. The molecule has 2 heterocycles. The number of hydrogen-bond donors (Lipinski definition) is 2. The number of aryl methyl sites for hydroxylation is 1. The van der Waals surface area contributed by atoms with Crippen LogP contribution in [0.15, 0.2) is 67.0 Å². The molecule has 0 unspecified atom stereocenters. The number of nitrogens with one attached hydrogen (secondary N) is 2. The predicted octanol–water partition coefficient (Wildman–Crippen LogP) is 5.75. The van der Waals surface area contributed by atoms with Gasteiger partial charge in [0.25, 0.3) is 0 Å². The van der Waals surface area contributed by atoms with Gasteiger partial charge in [-0.3, -0.25) is 0 Å². The minimum Gasteiger partial charge on any atom is -0.308 e. The molecule has 0 bridgehead atoms. The minimum atomic E-state index is -0.537. The zero-order valence-electron chi connectivity index (χ0n) is 14.9. The van der Waals surface area contributed by atoms with Crippen LogP contribution in [0.1, 0.15) is 5.56 Å². The second-order valence-corrected chi connectivity index (χ2v) is 6.74. The van der Waals surface area contributed by atoms with Crippen molar-refractivity contribution in [1.29, 1.82) is 0 Å². The van der Waals surface area contributed by atoms with Crippen molar-refractivity contribution in [2.24, 2.45) is 0 Å². The number of fused-ring (bicyclic) bond motifs is 1. The molecule has 0 spiro atoms. The summed E-state index contributed by atoms with van der Waals surface area (Å²) in [5.41, 5.74) is 4.84. The molecule has 2 aromatic heterocycles. The Morgan fingerprint density at radius 1 is 1.07 bits per heavy atom. The van der Waals surface area contributed by atoms with Crippen LogP contribution >= 0.6 is 11.6 Å². The van der Waals surface area contributed by atoms with Crippen molar-refractivity contribution in [1.82, 2.24) is 9.38 Å². The van der Waals surface area contributed by atoms with Gasteiger partial charge >= 0.3 is 6.03 Å². The van der Waals surface area contributed by atoms with E-state index in [4.69, 9.17) is 11.6 Å². The molecule has 2 amide bonds. The second-order valence-electron chi connectivity index (χ2n) is 6.33. The number of anilines is 2. The third kappa shape index (κ3) is 3.68. The Morgan fingerprint density at radius 2 is 1.79 bits per heavy atom. The summed E-state index contributed by atoms with van der Waals surface area (Å²) in [7, 11) is 0. The van der Waals surface area contributed by atoms with Crippen molar-refractivity contribution in [3.05, 3.63) is 83.4 Å². The lowest BCUT2D eigenvalue weighted by Crippen LogP contribution is -2.19. The number of halogens is 2. The number of pyridine rings is 1. The fourth-order valence-corrected chi connectivity index (χ4v) is 3.06. The second kappa shape index (κ2) is 7.32. The molecular weight excluding hydrogens is 379 g/mol. The van der Waals surface area contributed by atoms with Crippen LogP contribution in [0.4, 0.5) is 20.6 Å². The van der Waals surface area contributed by atoms with Gasteiger partial charge in [0, 0.05) is 29.3 Å². The summed E-state index contributed by atoms with van der Waals surface area (Å²) in [6, 6.07) is 14.9. The molecule has 4 aromatic rings. The van der Waals surface area contributed by atoms with E-state index >= 15 is 0 Å². The lowest BCUT2D eigenvalue weighted by Gasteiger charge is -2.08. The standard InChI is InChI=1S/C21H16ClFN4O/c1-13-3-2-10-27-12-19(26-20(13)27)14-4-6-15(7-5-14)24-21(28)25-16-8-9-18(23)17(22)11-16/h2-12H,1H3,(H2,24,25,28). The predicted molar refractivity (Wildman–Crippen MR) is 109 cm³/mol. The van der Waals surface area contributed by atoms with Crippen LogP contribution in [0.3, 0.4) is 0 Å². The first-order valence-corrected chi connectivity index (χ1v) is 8.95. The van der Waals surface area contributed by atoms with Crippen LogP contribution in [-0.2, 0) is 0 Å². The summed E-state index contributed by atoms with van der Waals surface area (Å²) in [5.74, 6) is -0.537. The van der Waals surface area contributed by atoms with Crippen molar-refractivity contribution >= 4 is 34.7 Å². The van der Waals surface area contributed by atoms with Crippen molar-refractivity contribution in [3.8, 4) is 11.3 Å². The fourth-order valence-electron chi connectivity index (χ4n) is 2.88. The third-order valence-electron chi connectivity index (χ3n) is 4.29. The number of aromatic nitrogens is 2. The average Bonchev–Trinajstić information content (AvgIpc) is 3.11. The first-order chi connectivity index (χ1) is 13.5. The van der Waals surface area contributed by atoms with Crippen LogP contribution in [-0.4, -0.2) is 15.4 Å². The number of benzene rings is 2. The highest BCUT2D eigenvalue weighted by atomic mass is 35.5. The van der Waals surface area contributed by atoms with Crippen LogP contribution in [0.25, 0.3) is 16.9 Å². The highest BCUT2D eigenvalue weighted by Crippen LogP contribution is 2.23. The van der Waals surface area contributed by atoms with Gasteiger partial charge in [-0.2, -0.15) is 0 Å². The average molecular weight is 395 g/mol. The van der Waals surface area contributed by atoms with Gasteiger partial charge in [-0.05, 0) is 48.9 Å². The van der Waals surface area contributed by atoms with E-state index in [1.54, 1.807) is 12.1 Å². The van der Waals surface area contributed by atoms with Gasteiger partial charge in [0.15, 0.2) is 0 Å². The molecule has 5 nitrogen and oxygen atoms in total. The Balaban J connectivity index is 1.47. The van der Waals surface area contributed by atoms with Gasteiger partial charge in [-0.1, -0.05) is 29.8 Å². The molecule has 0 fully saturated rings. The first-order valence-electron chi connectivity index (χ1n) is 8.57. The molecule has 4 rings (SSSR count). The molecule has 0 aliphatic carbocycles. The van der Waals surface area contributed by atoms with Gasteiger partial charge in [-0.25, -0.2) is 14.2 Å². The summed E-state index contributed by atoms with van der Waals surface area (Å²) < 4.78 is 15.2. The number of carbonyl (C=O) groups excluding carboxylic acids is 1. The van der Waals surface area contributed by atoms with E-state index < -0.39 is 11.8 Å². The summed E-state index contributed by atoms with van der Waals surface area (Å²) >= 11 is 5.72. The van der Waals surface area contributed by atoms with Crippen LogP contribution in [0.5, 0.6) is 0 Å². The fraction of sp³-hybridized carbons (Fsp3) is 0.0476. The van der Waals surface area contributed by atoms with E-state index in [2.05, 4.69) is 15.6 Å². The molecule has 2 aromatic carbocycles. The van der Waals surface area contributed by atoms with E-state index in [9.17, 15) is 9.18 Å². The van der Waals surface area contributed by atoms with Crippen LogP contribution in [0, 0.1) is 12.7 Å². The molecule has 0 saturated carbocycles. The van der Waals surface area contributed by atoms with Crippen molar-refractivity contribution in [2.75, 3.05) is 10.6 Å². The molecule has 140 valence electrons. The third-order valence-corrected chi connectivity index (χ3v) is 4.58. The van der Waals surface area contributed by atoms with Crippen LogP contribution in [0.2, 0.25) is 5.02 Å². The number of imidazole rings is 1.